The van der Waals surface area contributed by atoms with Crippen LogP contribution in [0.4, 0.5) is 0 Å². The lowest BCUT2D eigenvalue weighted by Crippen LogP contribution is -2.81. The highest BCUT2D eigenvalue weighted by Crippen LogP contribution is 2.18. The largest absolute Gasteiger partial charge is 0.339 e. The van der Waals surface area contributed by atoms with Crippen molar-refractivity contribution >= 4 is 0 Å². The second-order valence-electron chi connectivity index (χ2n) is 4.13. The van der Waals surface area contributed by atoms with E-state index in [1.54, 1.807) is 0 Å². The molecule has 0 aromatic heterocycles. The summed E-state index contributed by atoms with van der Waals surface area (Å²) in [5.41, 5.74) is 4.03. The molecular weight excluding hydrogens is 194 g/mol. The maximum absolute atomic E-state index is 2.25. The van der Waals surface area contributed by atoms with Gasteiger partial charge in [-0.15, -0.1) is 0 Å². The Morgan fingerprint density at radius 1 is 0.812 bits per heavy atom. The number of hydrogen-bond acceptors (Lipinski definition) is 0. The molecule has 16 heavy (non-hydrogen) atoms. The molecule has 0 aliphatic carbocycles. The van der Waals surface area contributed by atoms with Crippen LogP contribution in [0.1, 0.15) is 22.7 Å². The first-order valence-corrected chi connectivity index (χ1v) is 5.72. The summed E-state index contributed by atoms with van der Waals surface area (Å²) in [7, 11) is 2.12. The van der Waals surface area contributed by atoms with Crippen LogP contribution in [-0.2, 0) is 0 Å². The summed E-state index contributed by atoms with van der Waals surface area (Å²) in [5, 5.41) is 2.25. The smallest absolute Gasteiger partial charge is 0.137 e. The topological polar surface area (TPSA) is 16.6 Å². The number of hydrogen-bond donors (Lipinski definition) is 1. The Labute approximate surface area is 97.1 Å². The van der Waals surface area contributed by atoms with Gasteiger partial charge in [-0.2, -0.15) is 0 Å². The van der Waals surface area contributed by atoms with Gasteiger partial charge in [0, 0.05) is 11.1 Å². The van der Waals surface area contributed by atoms with E-state index in [1.807, 2.05) is 0 Å². The Balaban J connectivity index is 2.33. The first kappa shape index (κ1) is 10.9. The van der Waals surface area contributed by atoms with Crippen molar-refractivity contribution < 1.29 is 5.32 Å². The van der Waals surface area contributed by atoms with Crippen LogP contribution in [0.3, 0.4) is 0 Å². The van der Waals surface area contributed by atoms with Crippen molar-refractivity contribution in [1.82, 2.24) is 0 Å². The fraction of sp³-hybridized carbons (Fsp3) is 0.200. The molecule has 0 amide bonds. The SMILES string of the molecule is C[NH2+][C@H](c1ccccc1)c1ccc(C)cc1. The Bertz CT molecular complexity index is 431. The number of quaternary nitrogens is 1. The van der Waals surface area contributed by atoms with Gasteiger partial charge < -0.3 is 5.32 Å². The number of benzene rings is 2. The average molecular weight is 212 g/mol. The van der Waals surface area contributed by atoms with E-state index in [0.29, 0.717) is 6.04 Å². The molecule has 2 N–H and O–H groups in total. The summed E-state index contributed by atoms with van der Waals surface area (Å²) in [6.45, 7) is 2.12. The maximum atomic E-state index is 2.25. The van der Waals surface area contributed by atoms with E-state index in [4.69, 9.17) is 0 Å². The maximum Gasteiger partial charge on any atom is 0.137 e. The van der Waals surface area contributed by atoms with Crippen LogP contribution in [0.15, 0.2) is 54.6 Å². The molecule has 0 radical (unpaired) electrons. The minimum atomic E-state index is 0.404. The molecule has 0 saturated carbocycles. The highest BCUT2D eigenvalue weighted by Gasteiger charge is 2.14. The molecule has 0 saturated heterocycles. The van der Waals surface area contributed by atoms with Crippen molar-refractivity contribution in [2.45, 2.75) is 13.0 Å². The standard InChI is InChI=1S/C15H17N/c1-12-8-10-14(11-9-12)15(16-2)13-6-4-3-5-7-13/h3-11,15-16H,1-2H3/p+1/t15-/m1/s1. The lowest BCUT2D eigenvalue weighted by Gasteiger charge is -2.14. The molecule has 0 heterocycles. The monoisotopic (exact) mass is 212 g/mol. The molecule has 1 heteroatoms. The van der Waals surface area contributed by atoms with Gasteiger partial charge in [0.15, 0.2) is 0 Å². The van der Waals surface area contributed by atoms with Crippen LogP contribution < -0.4 is 5.32 Å². The first-order valence-electron chi connectivity index (χ1n) is 5.72. The van der Waals surface area contributed by atoms with Crippen molar-refractivity contribution in [3.05, 3.63) is 71.3 Å². The quantitative estimate of drug-likeness (QED) is 0.804. The molecular formula is C15H18N+. The van der Waals surface area contributed by atoms with Gasteiger partial charge in [-0.3, -0.25) is 0 Å². The van der Waals surface area contributed by atoms with Gasteiger partial charge in [0.2, 0.25) is 0 Å². The second-order valence-corrected chi connectivity index (χ2v) is 4.13. The Morgan fingerprint density at radius 3 is 1.94 bits per heavy atom. The Hall–Kier alpha value is -1.60. The van der Waals surface area contributed by atoms with E-state index in [2.05, 4.69) is 73.9 Å². The molecule has 1 atom stereocenters. The summed E-state index contributed by atoms with van der Waals surface area (Å²) >= 11 is 0. The third-order valence-corrected chi connectivity index (χ3v) is 2.93. The molecule has 2 rings (SSSR count). The normalized spacial score (nSPS) is 12.4. The number of rotatable bonds is 3. The van der Waals surface area contributed by atoms with Crippen molar-refractivity contribution in [2.75, 3.05) is 7.05 Å². The fourth-order valence-electron chi connectivity index (χ4n) is 2.01. The Morgan fingerprint density at radius 2 is 1.38 bits per heavy atom. The second kappa shape index (κ2) is 4.95. The number of nitrogens with two attached hydrogens (primary N) is 1. The molecule has 1 nitrogen and oxygen atoms in total. The minimum Gasteiger partial charge on any atom is -0.339 e. The summed E-state index contributed by atoms with van der Waals surface area (Å²) < 4.78 is 0. The zero-order valence-corrected chi connectivity index (χ0v) is 9.85. The van der Waals surface area contributed by atoms with Crippen LogP contribution in [0.2, 0.25) is 0 Å². The van der Waals surface area contributed by atoms with Gasteiger partial charge in [0.1, 0.15) is 6.04 Å². The number of aryl methyl sites for hydroxylation is 1. The summed E-state index contributed by atoms with van der Waals surface area (Å²) in [4.78, 5) is 0. The summed E-state index contributed by atoms with van der Waals surface area (Å²) in [5.74, 6) is 0. The molecule has 82 valence electrons. The van der Waals surface area contributed by atoms with Gasteiger partial charge in [0.05, 0.1) is 7.05 Å². The summed E-state index contributed by atoms with van der Waals surface area (Å²) in [6, 6.07) is 19.8. The van der Waals surface area contributed by atoms with Crippen LogP contribution in [0, 0.1) is 6.92 Å². The van der Waals surface area contributed by atoms with E-state index >= 15 is 0 Å². The third-order valence-electron chi connectivity index (χ3n) is 2.93. The fourth-order valence-corrected chi connectivity index (χ4v) is 2.01. The van der Waals surface area contributed by atoms with Gasteiger partial charge in [0.25, 0.3) is 0 Å². The molecule has 0 aliphatic heterocycles. The van der Waals surface area contributed by atoms with Crippen molar-refractivity contribution in [3.63, 3.8) is 0 Å². The zero-order valence-electron chi connectivity index (χ0n) is 9.85. The van der Waals surface area contributed by atoms with Gasteiger partial charge in [-0.1, -0.05) is 60.2 Å². The predicted molar refractivity (Wildman–Crippen MR) is 67.3 cm³/mol. The van der Waals surface area contributed by atoms with Crippen LogP contribution in [0.5, 0.6) is 0 Å². The van der Waals surface area contributed by atoms with Crippen molar-refractivity contribution in [3.8, 4) is 0 Å². The zero-order chi connectivity index (χ0) is 11.4. The van der Waals surface area contributed by atoms with Gasteiger partial charge in [-0.25, -0.2) is 0 Å². The predicted octanol–water partition coefficient (Wildman–Crippen LogP) is 2.28. The molecule has 2 aromatic carbocycles. The van der Waals surface area contributed by atoms with E-state index in [9.17, 15) is 0 Å². The third kappa shape index (κ3) is 2.31. The lowest BCUT2D eigenvalue weighted by molar-refractivity contribution is -0.660. The van der Waals surface area contributed by atoms with E-state index in [-0.39, 0.29) is 0 Å². The Kier molecular flexibility index (Phi) is 3.37. The molecule has 0 aliphatic rings. The minimum absolute atomic E-state index is 0.404. The molecule has 0 fully saturated rings. The molecule has 2 aromatic rings. The van der Waals surface area contributed by atoms with E-state index in [1.165, 1.54) is 16.7 Å². The van der Waals surface area contributed by atoms with Crippen molar-refractivity contribution in [2.24, 2.45) is 0 Å². The molecule has 0 unspecified atom stereocenters. The highest BCUT2D eigenvalue weighted by molar-refractivity contribution is 5.31. The van der Waals surface area contributed by atoms with Crippen LogP contribution in [-0.4, -0.2) is 7.05 Å². The molecule has 0 bridgehead atoms. The van der Waals surface area contributed by atoms with Crippen molar-refractivity contribution in [1.29, 1.82) is 0 Å². The first-order chi connectivity index (χ1) is 7.81. The van der Waals surface area contributed by atoms with E-state index in [0.717, 1.165) is 0 Å². The molecule has 0 spiro atoms. The van der Waals surface area contributed by atoms with Gasteiger partial charge >= 0.3 is 0 Å². The van der Waals surface area contributed by atoms with Gasteiger partial charge in [-0.05, 0) is 6.92 Å². The average Bonchev–Trinajstić information content (AvgIpc) is 2.34. The summed E-state index contributed by atoms with van der Waals surface area (Å²) in [6.07, 6.45) is 0. The lowest BCUT2D eigenvalue weighted by atomic mass is 9.98. The van der Waals surface area contributed by atoms with Crippen LogP contribution in [0.25, 0.3) is 0 Å². The van der Waals surface area contributed by atoms with E-state index < -0.39 is 0 Å². The highest BCUT2D eigenvalue weighted by atomic mass is 14.9. The van der Waals surface area contributed by atoms with Crippen LogP contribution >= 0.6 is 0 Å².